The predicted octanol–water partition coefficient (Wildman–Crippen LogP) is 3.14. The van der Waals surface area contributed by atoms with E-state index in [1.165, 1.54) is 5.56 Å². The highest BCUT2D eigenvalue weighted by molar-refractivity contribution is 5.86. The molecule has 4 nitrogen and oxygen atoms in total. The van der Waals surface area contributed by atoms with E-state index in [4.69, 9.17) is 5.11 Å². The maximum Gasteiger partial charge on any atom is 0.322 e. The fraction of sp³-hybridized carbons (Fsp3) is 0.263. The third-order valence-electron chi connectivity index (χ3n) is 4.02. The van der Waals surface area contributed by atoms with Crippen molar-refractivity contribution in [2.45, 2.75) is 25.7 Å². The van der Waals surface area contributed by atoms with Crippen LogP contribution in [-0.2, 0) is 9.59 Å². The first-order valence-corrected chi connectivity index (χ1v) is 7.63. The van der Waals surface area contributed by atoms with Gasteiger partial charge in [-0.3, -0.25) is 9.59 Å². The number of carbonyl (C=O) groups is 2. The molecule has 0 heterocycles. The highest BCUT2D eigenvalue weighted by Crippen LogP contribution is 2.26. The Morgan fingerprint density at radius 2 is 1.57 bits per heavy atom. The minimum Gasteiger partial charge on any atom is -0.480 e. The quantitative estimate of drug-likeness (QED) is 0.861. The molecule has 2 atom stereocenters. The molecule has 0 saturated heterocycles. The lowest BCUT2D eigenvalue weighted by atomic mass is 9.89. The lowest BCUT2D eigenvalue weighted by molar-refractivity contribution is -0.138. The maximum atomic E-state index is 12.0. The molecule has 0 saturated carbocycles. The molecule has 0 spiro atoms. The average molecular weight is 311 g/mol. The van der Waals surface area contributed by atoms with E-state index in [-0.39, 0.29) is 18.4 Å². The largest absolute Gasteiger partial charge is 0.480 e. The van der Waals surface area contributed by atoms with Gasteiger partial charge in [-0.25, -0.2) is 0 Å². The van der Waals surface area contributed by atoms with Crippen LogP contribution in [-0.4, -0.2) is 23.5 Å². The number of hydrogen-bond donors (Lipinski definition) is 2. The van der Waals surface area contributed by atoms with Crippen LogP contribution < -0.4 is 5.32 Å². The third kappa shape index (κ3) is 4.42. The Bertz CT molecular complexity index is 682. The SMILES string of the molecule is C[C@@H](c1ccccc1)c1cccc([C@@H](C)C(=O)NCC(=O)O)c1. The van der Waals surface area contributed by atoms with Crippen molar-refractivity contribution in [2.75, 3.05) is 6.54 Å². The molecule has 2 rings (SSSR count). The van der Waals surface area contributed by atoms with Crippen molar-refractivity contribution in [3.05, 3.63) is 71.3 Å². The number of aliphatic carboxylic acids is 1. The van der Waals surface area contributed by atoms with Gasteiger partial charge in [0.2, 0.25) is 5.91 Å². The van der Waals surface area contributed by atoms with Gasteiger partial charge in [0.05, 0.1) is 5.92 Å². The summed E-state index contributed by atoms with van der Waals surface area (Å²) in [6.07, 6.45) is 0. The molecule has 2 aromatic carbocycles. The molecule has 0 unspecified atom stereocenters. The van der Waals surface area contributed by atoms with Gasteiger partial charge < -0.3 is 10.4 Å². The van der Waals surface area contributed by atoms with Gasteiger partial charge in [-0.05, 0) is 23.6 Å². The summed E-state index contributed by atoms with van der Waals surface area (Å²) in [6.45, 7) is 3.55. The van der Waals surface area contributed by atoms with E-state index in [0.29, 0.717) is 0 Å². The van der Waals surface area contributed by atoms with E-state index in [1.807, 2.05) is 42.5 Å². The van der Waals surface area contributed by atoms with Crippen molar-refractivity contribution in [1.29, 1.82) is 0 Å². The Labute approximate surface area is 136 Å². The first kappa shape index (κ1) is 16.7. The molecule has 0 radical (unpaired) electrons. The number of hydrogen-bond acceptors (Lipinski definition) is 2. The van der Waals surface area contributed by atoms with E-state index in [2.05, 4.69) is 24.4 Å². The van der Waals surface area contributed by atoms with Crippen LogP contribution in [0.1, 0.15) is 42.4 Å². The molecule has 4 heteroatoms. The van der Waals surface area contributed by atoms with E-state index < -0.39 is 11.9 Å². The third-order valence-corrected chi connectivity index (χ3v) is 4.02. The summed E-state index contributed by atoms with van der Waals surface area (Å²) in [5.74, 6) is -1.49. The average Bonchev–Trinajstić information content (AvgIpc) is 2.59. The molecule has 2 N–H and O–H groups in total. The van der Waals surface area contributed by atoms with Gasteiger partial charge in [-0.15, -0.1) is 0 Å². The Morgan fingerprint density at radius 1 is 0.957 bits per heavy atom. The van der Waals surface area contributed by atoms with Crippen LogP contribution in [0.15, 0.2) is 54.6 Å². The highest BCUT2D eigenvalue weighted by atomic mass is 16.4. The van der Waals surface area contributed by atoms with Crippen molar-refractivity contribution in [3.8, 4) is 0 Å². The molecule has 2 aromatic rings. The summed E-state index contributed by atoms with van der Waals surface area (Å²) in [5.41, 5.74) is 3.23. The van der Waals surface area contributed by atoms with Crippen LogP contribution in [0, 0.1) is 0 Å². The Hall–Kier alpha value is -2.62. The second-order valence-electron chi connectivity index (χ2n) is 5.64. The van der Waals surface area contributed by atoms with Crippen LogP contribution in [0.5, 0.6) is 0 Å². The molecule has 0 aliphatic carbocycles. The Kier molecular flexibility index (Phi) is 5.52. The molecule has 23 heavy (non-hydrogen) atoms. The second-order valence-corrected chi connectivity index (χ2v) is 5.64. The first-order chi connectivity index (χ1) is 11.0. The molecule has 0 aliphatic rings. The minimum atomic E-state index is -1.04. The topological polar surface area (TPSA) is 66.4 Å². The van der Waals surface area contributed by atoms with Crippen molar-refractivity contribution >= 4 is 11.9 Å². The Morgan fingerprint density at radius 3 is 2.22 bits per heavy atom. The number of carboxylic acids is 1. The lowest BCUT2D eigenvalue weighted by Gasteiger charge is -2.16. The smallest absolute Gasteiger partial charge is 0.322 e. The zero-order valence-electron chi connectivity index (χ0n) is 13.3. The molecular formula is C19H21NO3. The zero-order valence-corrected chi connectivity index (χ0v) is 13.3. The summed E-state index contributed by atoms with van der Waals surface area (Å²) < 4.78 is 0. The normalized spacial score (nSPS) is 13.1. The number of nitrogens with one attached hydrogen (secondary N) is 1. The van der Waals surface area contributed by atoms with Crippen molar-refractivity contribution in [3.63, 3.8) is 0 Å². The summed E-state index contributed by atoms with van der Waals surface area (Å²) >= 11 is 0. The van der Waals surface area contributed by atoms with Crippen LogP contribution >= 0.6 is 0 Å². The number of benzene rings is 2. The molecular weight excluding hydrogens is 290 g/mol. The summed E-state index contributed by atoms with van der Waals surface area (Å²) in [5, 5.41) is 11.1. The van der Waals surface area contributed by atoms with Gasteiger partial charge >= 0.3 is 5.97 Å². The number of carbonyl (C=O) groups excluding carboxylic acids is 1. The predicted molar refractivity (Wildman–Crippen MR) is 89.5 cm³/mol. The first-order valence-electron chi connectivity index (χ1n) is 7.63. The van der Waals surface area contributed by atoms with Gasteiger partial charge in [0.15, 0.2) is 0 Å². The van der Waals surface area contributed by atoms with Crippen LogP contribution in [0.3, 0.4) is 0 Å². The van der Waals surface area contributed by atoms with Gasteiger partial charge in [0.25, 0.3) is 0 Å². The zero-order chi connectivity index (χ0) is 16.8. The van der Waals surface area contributed by atoms with Crippen LogP contribution in [0.4, 0.5) is 0 Å². The van der Waals surface area contributed by atoms with E-state index >= 15 is 0 Å². The summed E-state index contributed by atoms with van der Waals surface area (Å²) in [6, 6.07) is 18.1. The van der Waals surface area contributed by atoms with Gasteiger partial charge in [-0.1, -0.05) is 61.5 Å². The van der Waals surface area contributed by atoms with Crippen molar-refractivity contribution < 1.29 is 14.7 Å². The van der Waals surface area contributed by atoms with Gasteiger partial charge in [0.1, 0.15) is 6.54 Å². The number of amides is 1. The molecule has 0 aliphatic heterocycles. The number of rotatable bonds is 6. The molecule has 1 amide bonds. The summed E-state index contributed by atoms with van der Waals surface area (Å²) in [4.78, 5) is 22.6. The van der Waals surface area contributed by atoms with E-state index in [1.54, 1.807) is 6.92 Å². The molecule has 0 fully saturated rings. The molecule has 0 bridgehead atoms. The van der Waals surface area contributed by atoms with E-state index in [9.17, 15) is 9.59 Å². The summed E-state index contributed by atoms with van der Waals surface area (Å²) in [7, 11) is 0. The van der Waals surface area contributed by atoms with Gasteiger partial charge in [0, 0.05) is 5.92 Å². The lowest BCUT2D eigenvalue weighted by Crippen LogP contribution is -2.32. The second kappa shape index (κ2) is 7.58. The van der Waals surface area contributed by atoms with Crippen LogP contribution in [0.2, 0.25) is 0 Å². The fourth-order valence-electron chi connectivity index (χ4n) is 2.50. The molecule has 0 aromatic heterocycles. The number of carboxylic acid groups (broad SMARTS) is 1. The maximum absolute atomic E-state index is 12.0. The van der Waals surface area contributed by atoms with Crippen molar-refractivity contribution in [1.82, 2.24) is 5.32 Å². The van der Waals surface area contributed by atoms with Gasteiger partial charge in [-0.2, -0.15) is 0 Å². The highest BCUT2D eigenvalue weighted by Gasteiger charge is 2.17. The van der Waals surface area contributed by atoms with E-state index in [0.717, 1.165) is 11.1 Å². The van der Waals surface area contributed by atoms with Crippen LogP contribution in [0.25, 0.3) is 0 Å². The minimum absolute atomic E-state index is 0.227. The van der Waals surface area contributed by atoms with Crippen molar-refractivity contribution in [2.24, 2.45) is 0 Å². The molecule has 120 valence electrons. The standard InChI is InChI=1S/C19H21NO3/c1-13(15-7-4-3-5-8-15)16-9-6-10-17(11-16)14(2)19(23)20-12-18(21)22/h3-11,13-14H,12H2,1-2H3,(H,20,23)(H,21,22)/t13-,14+/m0/s1. The fourth-order valence-corrected chi connectivity index (χ4v) is 2.50. The Balaban J connectivity index is 2.16. The monoisotopic (exact) mass is 311 g/mol.